The first-order valence-corrected chi connectivity index (χ1v) is 7.70. The van der Waals surface area contributed by atoms with Gasteiger partial charge in [0.2, 0.25) is 0 Å². The summed E-state index contributed by atoms with van der Waals surface area (Å²) in [5, 5.41) is 11.3. The van der Waals surface area contributed by atoms with Crippen LogP contribution < -0.4 is 5.56 Å². The number of allylic oxidation sites excluding steroid dienone is 1. The fraction of sp³-hybridized carbons (Fsp3) is 0.150. The van der Waals surface area contributed by atoms with Crippen molar-refractivity contribution < 1.29 is 5.11 Å². The van der Waals surface area contributed by atoms with Gasteiger partial charge in [-0.1, -0.05) is 56.0 Å². The number of pyridine rings is 1. The highest BCUT2D eigenvalue weighted by Gasteiger charge is 2.15. The average Bonchev–Trinajstić information content (AvgIpc) is 2.58. The van der Waals surface area contributed by atoms with Crippen molar-refractivity contribution in [2.24, 2.45) is 0 Å². The number of aliphatic hydroxyl groups is 1. The number of hydrogen-bond donors (Lipinski definition) is 1. The lowest BCUT2D eigenvalue weighted by atomic mass is 10.0. The summed E-state index contributed by atoms with van der Waals surface area (Å²) in [6.07, 6.45) is 2.33. The number of rotatable bonds is 4. The van der Waals surface area contributed by atoms with Crippen molar-refractivity contribution in [1.29, 1.82) is 0 Å². The van der Waals surface area contributed by atoms with Crippen molar-refractivity contribution in [2.75, 3.05) is 0 Å². The van der Waals surface area contributed by atoms with E-state index in [2.05, 4.69) is 6.58 Å². The zero-order valence-corrected chi connectivity index (χ0v) is 13.1. The summed E-state index contributed by atoms with van der Waals surface area (Å²) in [5.41, 5.74) is 1.97. The minimum Gasteiger partial charge on any atom is -0.511 e. The molecule has 1 atom stereocenters. The maximum Gasteiger partial charge on any atom is 0.259 e. The summed E-state index contributed by atoms with van der Waals surface area (Å²) in [7, 11) is 0. The Morgan fingerprint density at radius 3 is 2.52 bits per heavy atom. The molecule has 3 nitrogen and oxygen atoms in total. The summed E-state index contributed by atoms with van der Waals surface area (Å²) in [6, 6.07) is 17.4. The fourth-order valence-corrected chi connectivity index (χ4v) is 2.90. The number of hydrogen-bond acceptors (Lipinski definition) is 2. The van der Waals surface area contributed by atoms with Gasteiger partial charge in [-0.3, -0.25) is 4.79 Å². The molecule has 0 saturated heterocycles. The van der Waals surface area contributed by atoms with Gasteiger partial charge in [-0.05, 0) is 35.1 Å². The first kappa shape index (κ1) is 15.1. The van der Waals surface area contributed by atoms with E-state index < -0.39 is 6.04 Å². The lowest BCUT2D eigenvalue weighted by Gasteiger charge is -2.17. The molecule has 0 aliphatic carbocycles. The molecule has 116 valence electrons. The number of benzene rings is 2. The van der Waals surface area contributed by atoms with Crippen LogP contribution >= 0.6 is 0 Å². The lowest BCUT2D eigenvalue weighted by Crippen LogP contribution is -2.25. The van der Waals surface area contributed by atoms with Gasteiger partial charge >= 0.3 is 0 Å². The van der Waals surface area contributed by atoms with Crippen molar-refractivity contribution in [3.63, 3.8) is 0 Å². The second-order valence-corrected chi connectivity index (χ2v) is 5.61. The van der Waals surface area contributed by atoms with E-state index in [1.807, 2.05) is 61.5 Å². The third-order valence-corrected chi connectivity index (χ3v) is 4.15. The van der Waals surface area contributed by atoms with Crippen molar-refractivity contribution >= 4 is 10.8 Å². The molecular weight excluding hydrogens is 286 g/mol. The minimum absolute atomic E-state index is 0.00756. The van der Waals surface area contributed by atoms with Gasteiger partial charge in [0, 0.05) is 11.6 Å². The molecule has 0 unspecified atom stereocenters. The van der Waals surface area contributed by atoms with Crippen LogP contribution in [0.25, 0.3) is 21.9 Å². The maximum atomic E-state index is 12.8. The highest BCUT2D eigenvalue weighted by Crippen LogP contribution is 2.24. The summed E-state index contributed by atoms with van der Waals surface area (Å²) < 4.78 is 1.56. The Morgan fingerprint density at radius 2 is 1.87 bits per heavy atom. The Balaban J connectivity index is 2.20. The van der Waals surface area contributed by atoms with E-state index in [1.54, 1.807) is 10.8 Å². The SMILES string of the molecule is C=C(O)[C@H](CC)n1ccc2ccc(-c3ccccc3)cc2c1=O. The molecule has 2 aromatic carbocycles. The average molecular weight is 305 g/mol. The third-order valence-electron chi connectivity index (χ3n) is 4.15. The normalized spacial score (nSPS) is 12.2. The van der Waals surface area contributed by atoms with Crippen LogP contribution in [0.1, 0.15) is 19.4 Å². The lowest BCUT2D eigenvalue weighted by molar-refractivity contribution is 0.321. The molecular formula is C20H19NO2. The van der Waals surface area contributed by atoms with Gasteiger partial charge in [-0.2, -0.15) is 0 Å². The molecule has 23 heavy (non-hydrogen) atoms. The van der Waals surface area contributed by atoms with Crippen LogP contribution in [0.2, 0.25) is 0 Å². The zero-order chi connectivity index (χ0) is 16.4. The van der Waals surface area contributed by atoms with Crippen molar-refractivity contribution in [3.05, 3.63) is 83.5 Å². The highest BCUT2D eigenvalue weighted by atomic mass is 16.3. The van der Waals surface area contributed by atoms with Crippen LogP contribution in [0.15, 0.2) is 77.9 Å². The zero-order valence-electron chi connectivity index (χ0n) is 13.1. The van der Waals surface area contributed by atoms with Crippen molar-refractivity contribution in [1.82, 2.24) is 4.57 Å². The Kier molecular flexibility index (Phi) is 4.02. The van der Waals surface area contributed by atoms with Gasteiger partial charge in [0.1, 0.15) is 5.76 Å². The van der Waals surface area contributed by atoms with Gasteiger partial charge in [-0.25, -0.2) is 0 Å². The second-order valence-electron chi connectivity index (χ2n) is 5.61. The molecule has 0 aliphatic rings. The molecule has 0 bridgehead atoms. The first-order chi connectivity index (χ1) is 11.1. The number of fused-ring (bicyclic) bond motifs is 1. The van der Waals surface area contributed by atoms with E-state index >= 15 is 0 Å². The quantitative estimate of drug-likeness (QED) is 0.710. The molecule has 0 spiro atoms. The maximum absolute atomic E-state index is 12.8. The molecule has 0 amide bonds. The van der Waals surface area contributed by atoms with E-state index in [9.17, 15) is 9.90 Å². The Labute approximate surface area is 135 Å². The van der Waals surface area contributed by atoms with Gasteiger partial charge in [0.15, 0.2) is 0 Å². The predicted molar refractivity (Wildman–Crippen MR) is 94.7 cm³/mol. The molecule has 0 fully saturated rings. The molecule has 1 heterocycles. The molecule has 0 radical (unpaired) electrons. The number of aliphatic hydroxyl groups excluding tert-OH is 1. The minimum atomic E-state index is -0.396. The summed E-state index contributed by atoms with van der Waals surface area (Å²) in [4.78, 5) is 12.8. The van der Waals surface area contributed by atoms with E-state index in [0.29, 0.717) is 11.8 Å². The van der Waals surface area contributed by atoms with E-state index in [4.69, 9.17) is 0 Å². The van der Waals surface area contributed by atoms with Crippen LogP contribution in [0.5, 0.6) is 0 Å². The smallest absolute Gasteiger partial charge is 0.259 e. The standard InChI is InChI=1S/C20H19NO2/c1-3-19(14(2)22)21-12-11-16-9-10-17(13-18(16)20(21)23)15-7-5-4-6-8-15/h4-13,19,22H,2-3H2,1H3/t19-/m0/s1. The predicted octanol–water partition coefficient (Wildman–Crippen LogP) is 4.69. The molecule has 0 aliphatic heterocycles. The fourth-order valence-electron chi connectivity index (χ4n) is 2.90. The molecule has 3 rings (SSSR count). The van der Waals surface area contributed by atoms with E-state index in [0.717, 1.165) is 16.5 Å². The van der Waals surface area contributed by atoms with Gasteiger partial charge in [-0.15, -0.1) is 0 Å². The second kappa shape index (κ2) is 6.13. The third kappa shape index (κ3) is 2.78. The van der Waals surface area contributed by atoms with Gasteiger partial charge in [0.05, 0.1) is 6.04 Å². The van der Waals surface area contributed by atoms with Crippen LogP contribution in [0.4, 0.5) is 0 Å². The molecule has 1 aromatic heterocycles. The Hall–Kier alpha value is -2.81. The largest absolute Gasteiger partial charge is 0.511 e. The Morgan fingerprint density at radius 1 is 1.13 bits per heavy atom. The molecule has 1 N–H and O–H groups in total. The van der Waals surface area contributed by atoms with Crippen LogP contribution in [-0.2, 0) is 0 Å². The monoisotopic (exact) mass is 305 g/mol. The van der Waals surface area contributed by atoms with Gasteiger partial charge in [0.25, 0.3) is 5.56 Å². The summed E-state index contributed by atoms with van der Waals surface area (Å²) in [5.74, 6) is 0.00756. The van der Waals surface area contributed by atoms with E-state index in [1.165, 1.54) is 0 Å². The van der Waals surface area contributed by atoms with Crippen molar-refractivity contribution in [2.45, 2.75) is 19.4 Å². The van der Waals surface area contributed by atoms with Crippen LogP contribution in [0, 0.1) is 0 Å². The van der Waals surface area contributed by atoms with Crippen LogP contribution in [0.3, 0.4) is 0 Å². The molecule has 0 saturated carbocycles. The Bertz CT molecular complexity index is 910. The van der Waals surface area contributed by atoms with E-state index in [-0.39, 0.29) is 11.3 Å². The summed E-state index contributed by atoms with van der Waals surface area (Å²) in [6.45, 7) is 5.50. The van der Waals surface area contributed by atoms with Gasteiger partial charge < -0.3 is 9.67 Å². The first-order valence-electron chi connectivity index (χ1n) is 7.70. The molecule has 3 heteroatoms. The summed E-state index contributed by atoms with van der Waals surface area (Å²) >= 11 is 0. The highest BCUT2D eigenvalue weighted by molar-refractivity contribution is 5.86. The van der Waals surface area contributed by atoms with Crippen LogP contribution in [-0.4, -0.2) is 9.67 Å². The number of nitrogens with zero attached hydrogens (tertiary/aromatic N) is 1. The molecule has 3 aromatic rings. The number of aromatic nitrogens is 1. The van der Waals surface area contributed by atoms with Crippen molar-refractivity contribution in [3.8, 4) is 11.1 Å². The topological polar surface area (TPSA) is 42.2 Å².